The molecule has 44 heavy (non-hydrogen) atoms. The Kier molecular flexibility index (Phi) is 14.3. The number of benzene rings is 2. The lowest BCUT2D eigenvalue weighted by molar-refractivity contribution is 0.0201. The maximum absolute atomic E-state index is 12.9. The average Bonchev–Trinajstić information content (AvgIpc) is 2.96. The normalized spacial score (nSPS) is 11.1. The first kappa shape index (κ1) is 35.8. The van der Waals surface area contributed by atoms with Gasteiger partial charge in [-0.15, -0.1) is 0 Å². The van der Waals surface area contributed by atoms with Crippen molar-refractivity contribution in [2.45, 2.75) is 78.4 Å². The Balaban J connectivity index is 1.89. The number of rotatable bonds is 15. The van der Waals surface area contributed by atoms with Crippen molar-refractivity contribution in [1.82, 2.24) is 9.80 Å². The highest BCUT2D eigenvalue weighted by Gasteiger charge is 2.24. The van der Waals surface area contributed by atoms with Crippen molar-refractivity contribution >= 4 is 12.2 Å². The highest BCUT2D eigenvalue weighted by atomic mass is 16.6. The minimum Gasteiger partial charge on any atom is -0.494 e. The molecule has 10 nitrogen and oxygen atoms in total. The Morgan fingerprint density at radius 2 is 0.909 bits per heavy atom. The van der Waals surface area contributed by atoms with Crippen LogP contribution in [0.4, 0.5) is 9.59 Å². The first-order chi connectivity index (χ1) is 20.8. The maximum Gasteiger partial charge on any atom is 0.410 e. The summed E-state index contributed by atoms with van der Waals surface area (Å²) in [5.74, 6) is 1.33. The van der Waals surface area contributed by atoms with Crippen molar-refractivity contribution in [3.8, 4) is 23.6 Å². The summed E-state index contributed by atoms with van der Waals surface area (Å²) in [6, 6.07) is 18.0. The Morgan fingerprint density at radius 1 is 0.591 bits per heavy atom. The van der Waals surface area contributed by atoms with Gasteiger partial charge in [0.1, 0.15) is 22.7 Å². The molecule has 238 valence electrons. The van der Waals surface area contributed by atoms with E-state index in [1.807, 2.05) is 41.5 Å². The van der Waals surface area contributed by atoms with Gasteiger partial charge < -0.3 is 28.7 Å². The predicted octanol–water partition coefficient (Wildman–Crippen LogP) is 6.92. The van der Waals surface area contributed by atoms with Crippen LogP contribution in [-0.4, -0.2) is 72.6 Å². The second-order valence-corrected chi connectivity index (χ2v) is 12.3. The Morgan fingerprint density at radius 3 is 1.20 bits per heavy atom. The topological polar surface area (TPSA) is 125 Å². The van der Waals surface area contributed by atoms with Crippen molar-refractivity contribution in [3.05, 3.63) is 59.7 Å². The number of carbonyl (C=O) groups excluding carboxylic acids is 2. The highest BCUT2D eigenvalue weighted by molar-refractivity contribution is 5.68. The molecule has 2 aromatic carbocycles. The van der Waals surface area contributed by atoms with Gasteiger partial charge in [0.25, 0.3) is 0 Å². The zero-order valence-electron chi connectivity index (χ0n) is 26.9. The Hall–Kier alpha value is -4.44. The summed E-state index contributed by atoms with van der Waals surface area (Å²) < 4.78 is 22.8. The van der Waals surface area contributed by atoms with Gasteiger partial charge in [-0.3, -0.25) is 0 Å². The summed E-state index contributed by atoms with van der Waals surface area (Å²) in [4.78, 5) is 29.2. The average molecular weight is 607 g/mol. The van der Waals surface area contributed by atoms with Crippen LogP contribution in [-0.2, 0) is 9.47 Å². The van der Waals surface area contributed by atoms with Crippen molar-refractivity contribution in [2.24, 2.45) is 0 Å². The summed E-state index contributed by atoms with van der Waals surface area (Å²) in [6.45, 7) is 13.7. The van der Waals surface area contributed by atoms with Crippen molar-refractivity contribution in [3.63, 3.8) is 0 Å². The van der Waals surface area contributed by atoms with Crippen LogP contribution in [0.1, 0.15) is 78.4 Å². The van der Waals surface area contributed by atoms with E-state index < -0.39 is 11.2 Å². The van der Waals surface area contributed by atoms with Gasteiger partial charge >= 0.3 is 12.2 Å². The molecule has 0 N–H and O–H groups in total. The molecule has 0 aliphatic carbocycles. The van der Waals surface area contributed by atoms with Gasteiger partial charge in [-0.1, -0.05) is 0 Å². The molecule has 0 spiro atoms. The molecule has 2 rings (SSSR count). The number of ether oxygens (including phenoxy) is 4. The van der Waals surface area contributed by atoms with E-state index in [1.165, 1.54) is 0 Å². The van der Waals surface area contributed by atoms with Crippen LogP contribution in [0.5, 0.6) is 11.5 Å². The SMILES string of the molecule is CC(C)(C)OC(=O)N(CCCCN(CCCOc1ccc(C#N)cc1)C(=O)OC(C)(C)C)CCCOc1ccc(C#N)cc1. The summed E-state index contributed by atoms with van der Waals surface area (Å²) in [6.07, 6.45) is 1.75. The monoisotopic (exact) mass is 606 g/mol. The fourth-order valence-corrected chi connectivity index (χ4v) is 3.99. The van der Waals surface area contributed by atoms with E-state index in [9.17, 15) is 9.59 Å². The third kappa shape index (κ3) is 14.6. The lowest BCUT2D eigenvalue weighted by Crippen LogP contribution is -2.40. The highest BCUT2D eigenvalue weighted by Crippen LogP contribution is 2.16. The number of unbranched alkanes of at least 4 members (excludes halogenated alkanes) is 1. The minimum absolute atomic E-state index is 0.389. The van der Waals surface area contributed by atoms with Gasteiger partial charge in [-0.05, 0) is 116 Å². The Bertz CT molecular complexity index is 1150. The zero-order chi connectivity index (χ0) is 32.6. The molecule has 0 saturated heterocycles. The quantitative estimate of drug-likeness (QED) is 0.200. The molecule has 0 radical (unpaired) electrons. The Labute approximate surface area is 262 Å². The molecule has 0 saturated carbocycles. The molecule has 0 aliphatic rings. The summed E-state index contributed by atoms with van der Waals surface area (Å²) in [5, 5.41) is 17.9. The molecular weight excluding hydrogens is 560 g/mol. The third-order valence-electron chi connectivity index (χ3n) is 6.06. The molecule has 0 unspecified atom stereocenters. The van der Waals surface area contributed by atoms with E-state index in [-0.39, 0.29) is 12.2 Å². The number of nitrogens with zero attached hydrogens (tertiary/aromatic N) is 4. The number of carbonyl (C=O) groups is 2. The van der Waals surface area contributed by atoms with E-state index in [4.69, 9.17) is 29.5 Å². The van der Waals surface area contributed by atoms with Crippen LogP contribution in [0, 0.1) is 22.7 Å². The van der Waals surface area contributed by atoms with Crippen LogP contribution in [0.3, 0.4) is 0 Å². The largest absolute Gasteiger partial charge is 0.494 e. The van der Waals surface area contributed by atoms with Crippen LogP contribution in [0.25, 0.3) is 0 Å². The molecule has 2 aromatic rings. The van der Waals surface area contributed by atoms with Gasteiger partial charge in [0.15, 0.2) is 0 Å². The maximum atomic E-state index is 12.9. The van der Waals surface area contributed by atoms with Gasteiger partial charge in [0.05, 0.1) is 36.5 Å². The smallest absolute Gasteiger partial charge is 0.410 e. The zero-order valence-corrected chi connectivity index (χ0v) is 26.9. The molecule has 10 heteroatoms. The molecule has 0 bridgehead atoms. The van der Waals surface area contributed by atoms with E-state index >= 15 is 0 Å². The number of hydrogen-bond donors (Lipinski definition) is 0. The first-order valence-corrected chi connectivity index (χ1v) is 15.0. The lowest BCUT2D eigenvalue weighted by atomic mass is 10.2. The van der Waals surface area contributed by atoms with E-state index in [2.05, 4.69) is 12.1 Å². The van der Waals surface area contributed by atoms with E-state index in [0.29, 0.717) is 87.7 Å². The number of amides is 2. The summed E-state index contributed by atoms with van der Waals surface area (Å²) >= 11 is 0. The molecule has 0 atom stereocenters. The second-order valence-electron chi connectivity index (χ2n) is 12.3. The van der Waals surface area contributed by atoms with Crippen LogP contribution < -0.4 is 9.47 Å². The van der Waals surface area contributed by atoms with Gasteiger partial charge in [0, 0.05) is 26.2 Å². The van der Waals surface area contributed by atoms with Gasteiger partial charge in [-0.2, -0.15) is 10.5 Å². The van der Waals surface area contributed by atoms with Gasteiger partial charge in [0.2, 0.25) is 0 Å². The predicted molar refractivity (Wildman–Crippen MR) is 167 cm³/mol. The lowest BCUT2D eigenvalue weighted by Gasteiger charge is -2.29. The molecular formula is C34H46N4O6. The second kappa shape index (κ2) is 17.6. The standard InChI is InChI=1S/C34H46N4O6/c1-33(2,3)43-31(39)37(21-9-23-41-29-15-11-27(25-35)12-16-29)19-7-8-20-38(32(40)44-34(4,5)6)22-10-24-42-30-17-13-28(26-36)14-18-30/h11-18H,7-10,19-24H2,1-6H3. The van der Waals surface area contributed by atoms with E-state index in [1.54, 1.807) is 58.3 Å². The van der Waals surface area contributed by atoms with Crippen LogP contribution in [0.2, 0.25) is 0 Å². The minimum atomic E-state index is -0.623. The third-order valence-corrected chi connectivity index (χ3v) is 6.06. The number of hydrogen-bond acceptors (Lipinski definition) is 8. The first-order valence-electron chi connectivity index (χ1n) is 15.0. The van der Waals surface area contributed by atoms with Crippen LogP contribution in [0.15, 0.2) is 48.5 Å². The fraction of sp³-hybridized carbons (Fsp3) is 0.529. The van der Waals surface area contributed by atoms with Crippen molar-refractivity contribution in [2.75, 3.05) is 39.4 Å². The summed E-state index contributed by atoms with van der Waals surface area (Å²) in [7, 11) is 0. The van der Waals surface area contributed by atoms with Crippen molar-refractivity contribution in [1.29, 1.82) is 10.5 Å². The molecule has 0 fully saturated rings. The molecule has 0 heterocycles. The summed E-state index contributed by atoms with van der Waals surface area (Å²) in [5.41, 5.74) is -0.117. The molecule has 0 aromatic heterocycles. The van der Waals surface area contributed by atoms with Gasteiger partial charge in [-0.25, -0.2) is 9.59 Å². The van der Waals surface area contributed by atoms with E-state index in [0.717, 1.165) is 0 Å². The number of nitriles is 2. The fourth-order valence-electron chi connectivity index (χ4n) is 3.99. The molecule has 0 aliphatic heterocycles. The van der Waals surface area contributed by atoms with Crippen molar-refractivity contribution < 1.29 is 28.5 Å². The molecule has 2 amide bonds. The van der Waals surface area contributed by atoms with Crippen LogP contribution >= 0.6 is 0 Å².